The summed E-state index contributed by atoms with van der Waals surface area (Å²) in [6, 6.07) is 15.2. The van der Waals surface area contributed by atoms with Crippen LogP contribution < -0.4 is 10.1 Å². The second kappa shape index (κ2) is 8.73. The second-order valence-electron chi connectivity index (χ2n) is 6.01. The van der Waals surface area contributed by atoms with E-state index in [0.717, 1.165) is 22.4 Å². The zero-order chi connectivity index (χ0) is 19.2. The lowest BCUT2D eigenvalue weighted by Crippen LogP contribution is -2.28. The van der Waals surface area contributed by atoms with Crippen LogP contribution in [0.1, 0.15) is 24.1 Å². The molecule has 1 heterocycles. The maximum atomic E-state index is 12.3. The summed E-state index contributed by atoms with van der Waals surface area (Å²) in [5.41, 5.74) is 2.88. The van der Waals surface area contributed by atoms with Crippen LogP contribution in [0.3, 0.4) is 0 Å². The van der Waals surface area contributed by atoms with Crippen molar-refractivity contribution >= 4 is 17.7 Å². The topological polar surface area (TPSA) is 77.2 Å². The van der Waals surface area contributed by atoms with E-state index in [0.29, 0.717) is 11.1 Å². The maximum absolute atomic E-state index is 12.3. The Balaban J connectivity index is 1.57. The van der Waals surface area contributed by atoms with Crippen molar-refractivity contribution in [2.75, 3.05) is 12.9 Å². The lowest BCUT2D eigenvalue weighted by Gasteiger charge is -2.16. The highest BCUT2D eigenvalue weighted by molar-refractivity contribution is 7.99. The van der Waals surface area contributed by atoms with Gasteiger partial charge in [-0.3, -0.25) is 4.79 Å². The molecular formula is C20H21N3O3S. The zero-order valence-electron chi connectivity index (χ0n) is 15.4. The highest BCUT2D eigenvalue weighted by atomic mass is 32.2. The number of aromatic nitrogens is 2. The number of para-hydroxylation sites is 1. The Bertz CT molecular complexity index is 926. The largest absolute Gasteiger partial charge is 0.496 e. The average Bonchev–Trinajstić information content (AvgIpc) is 3.15. The first kappa shape index (κ1) is 19.0. The molecule has 0 aliphatic rings. The molecule has 6 nitrogen and oxygen atoms in total. The first-order valence-corrected chi connectivity index (χ1v) is 9.51. The first-order valence-electron chi connectivity index (χ1n) is 8.53. The molecule has 1 N–H and O–H groups in total. The molecule has 3 aromatic rings. The molecule has 2 aromatic carbocycles. The summed E-state index contributed by atoms with van der Waals surface area (Å²) in [6.45, 7) is 3.91. The normalized spacial score (nSPS) is 11.8. The van der Waals surface area contributed by atoms with E-state index >= 15 is 0 Å². The highest BCUT2D eigenvalue weighted by Gasteiger charge is 2.16. The van der Waals surface area contributed by atoms with Crippen molar-refractivity contribution < 1.29 is 13.9 Å². The number of ether oxygens (including phenoxy) is 1. The van der Waals surface area contributed by atoms with Crippen LogP contribution >= 0.6 is 11.8 Å². The summed E-state index contributed by atoms with van der Waals surface area (Å²) in [5, 5.41) is 11.4. The molecule has 0 fully saturated rings. The molecule has 0 saturated carbocycles. The number of carbonyl (C=O) groups excluding carboxylic acids is 1. The predicted octanol–water partition coefficient (Wildman–Crippen LogP) is 4.02. The molecule has 1 unspecified atom stereocenters. The molecule has 3 rings (SSSR count). The van der Waals surface area contributed by atoms with Gasteiger partial charge in [0.25, 0.3) is 5.22 Å². The van der Waals surface area contributed by atoms with Gasteiger partial charge >= 0.3 is 0 Å². The number of carbonyl (C=O) groups is 1. The second-order valence-corrected chi connectivity index (χ2v) is 6.93. The summed E-state index contributed by atoms with van der Waals surface area (Å²) in [5.74, 6) is 1.28. The summed E-state index contributed by atoms with van der Waals surface area (Å²) >= 11 is 1.21. The summed E-state index contributed by atoms with van der Waals surface area (Å²) in [4.78, 5) is 12.3. The van der Waals surface area contributed by atoms with Gasteiger partial charge in [0.15, 0.2) is 0 Å². The Morgan fingerprint density at radius 3 is 2.70 bits per heavy atom. The number of amides is 1. The van der Waals surface area contributed by atoms with Crippen molar-refractivity contribution in [3.05, 3.63) is 59.7 Å². The van der Waals surface area contributed by atoms with Gasteiger partial charge in [0.2, 0.25) is 11.8 Å². The van der Waals surface area contributed by atoms with Crippen LogP contribution in [0, 0.1) is 6.92 Å². The molecule has 140 valence electrons. The standard InChI is InChI=1S/C20H21N3O3S/c1-13-8-4-5-9-15(13)19-22-23-20(26-19)27-12-18(24)21-14(2)16-10-6-7-11-17(16)25-3/h4-11,14H,12H2,1-3H3,(H,21,24). The number of aryl methyl sites for hydroxylation is 1. The van der Waals surface area contributed by atoms with Crippen molar-refractivity contribution in [1.29, 1.82) is 0 Å². The summed E-state index contributed by atoms with van der Waals surface area (Å²) < 4.78 is 11.0. The van der Waals surface area contributed by atoms with Crippen molar-refractivity contribution in [3.8, 4) is 17.2 Å². The van der Waals surface area contributed by atoms with E-state index in [1.165, 1.54) is 11.8 Å². The molecule has 0 spiro atoms. The molecule has 27 heavy (non-hydrogen) atoms. The molecule has 0 bridgehead atoms. The van der Waals surface area contributed by atoms with E-state index in [1.807, 2.05) is 62.4 Å². The fraction of sp³-hybridized carbons (Fsp3) is 0.250. The molecule has 1 atom stereocenters. The number of thioether (sulfide) groups is 1. The Morgan fingerprint density at radius 1 is 1.19 bits per heavy atom. The summed E-state index contributed by atoms with van der Waals surface area (Å²) in [6.07, 6.45) is 0. The minimum Gasteiger partial charge on any atom is -0.496 e. The maximum Gasteiger partial charge on any atom is 0.277 e. The van der Waals surface area contributed by atoms with Crippen LogP contribution in [0.25, 0.3) is 11.5 Å². The molecule has 1 aromatic heterocycles. The van der Waals surface area contributed by atoms with E-state index in [4.69, 9.17) is 9.15 Å². The number of nitrogens with zero attached hydrogens (tertiary/aromatic N) is 2. The first-order chi connectivity index (χ1) is 13.1. The third kappa shape index (κ3) is 4.68. The number of nitrogens with one attached hydrogen (secondary N) is 1. The Morgan fingerprint density at radius 2 is 1.93 bits per heavy atom. The van der Waals surface area contributed by atoms with Gasteiger partial charge in [-0.25, -0.2) is 0 Å². The third-order valence-corrected chi connectivity index (χ3v) is 4.91. The fourth-order valence-electron chi connectivity index (χ4n) is 2.70. The van der Waals surface area contributed by atoms with Gasteiger partial charge in [-0.2, -0.15) is 0 Å². The van der Waals surface area contributed by atoms with Gasteiger partial charge in [0.05, 0.1) is 18.9 Å². The van der Waals surface area contributed by atoms with Crippen molar-refractivity contribution in [2.45, 2.75) is 25.1 Å². The van der Waals surface area contributed by atoms with Crippen molar-refractivity contribution in [1.82, 2.24) is 15.5 Å². The van der Waals surface area contributed by atoms with E-state index < -0.39 is 0 Å². The lowest BCUT2D eigenvalue weighted by molar-refractivity contribution is -0.119. The predicted molar refractivity (Wildman–Crippen MR) is 105 cm³/mol. The molecule has 0 saturated heterocycles. The van der Waals surface area contributed by atoms with Crippen LogP contribution in [0.5, 0.6) is 5.75 Å². The molecule has 7 heteroatoms. The van der Waals surface area contributed by atoms with Gasteiger partial charge in [0.1, 0.15) is 5.75 Å². The molecule has 0 aliphatic heterocycles. The van der Waals surface area contributed by atoms with Gasteiger partial charge in [-0.1, -0.05) is 48.2 Å². The van der Waals surface area contributed by atoms with Crippen LogP contribution in [0.4, 0.5) is 0 Å². The van der Waals surface area contributed by atoms with E-state index in [-0.39, 0.29) is 17.7 Å². The van der Waals surface area contributed by atoms with Crippen molar-refractivity contribution in [2.24, 2.45) is 0 Å². The molecule has 0 radical (unpaired) electrons. The van der Waals surface area contributed by atoms with Gasteiger partial charge in [-0.05, 0) is 31.5 Å². The monoisotopic (exact) mass is 383 g/mol. The minimum atomic E-state index is -0.167. The summed E-state index contributed by atoms with van der Waals surface area (Å²) in [7, 11) is 1.62. The zero-order valence-corrected chi connectivity index (χ0v) is 16.2. The third-order valence-electron chi connectivity index (χ3n) is 4.09. The fourth-order valence-corrected chi connectivity index (χ4v) is 3.28. The lowest BCUT2D eigenvalue weighted by atomic mass is 10.1. The van der Waals surface area contributed by atoms with Crippen LogP contribution in [0.15, 0.2) is 58.2 Å². The quantitative estimate of drug-likeness (QED) is 0.621. The van der Waals surface area contributed by atoms with Gasteiger partial charge < -0.3 is 14.5 Å². The molecule has 0 aliphatic carbocycles. The SMILES string of the molecule is COc1ccccc1C(C)NC(=O)CSc1nnc(-c2ccccc2C)o1. The van der Waals surface area contributed by atoms with E-state index in [1.54, 1.807) is 7.11 Å². The number of hydrogen-bond acceptors (Lipinski definition) is 6. The van der Waals surface area contributed by atoms with Crippen molar-refractivity contribution in [3.63, 3.8) is 0 Å². The number of benzene rings is 2. The van der Waals surface area contributed by atoms with Crippen LogP contribution in [0.2, 0.25) is 0 Å². The Labute approximate surface area is 162 Å². The Hall–Kier alpha value is -2.80. The van der Waals surface area contributed by atoms with E-state index in [2.05, 4.69) is 15.5 Å². The number of methoxy groups -OCH3 is 1. The smallest absolute Gasteiger partial charge is 0.277 e. The van der Waals surface area contributed by atoms with Gasteiger partial charge in [-0.15, -0.1) is 10.2 Å². The number of rotatable bonds is 7. The van der Waals surface area contributed by atoms with Crippen LogP contribution in [-0.2, 0) is 4.79 Å². The molecular weight excluding hydrogens is 362 g/mol. The van der Waals surface area contributed by atoms with E-state index in [9.17, 15) is 4.79 Å². The van der Waals surface area contributed by atoms with Crippen LogP contribution in [-0.4, -0.2) is 29.0 Å². The Kier molecular flexibility index (Phi) is 6.13. The highest BCUT2D eigenvalue weighted by Crippen LogP contribution is 2.26. The minimum absolute atomic E-state index is 0.117. The number of hydrogen-bond donors (Lipinski definition) is 1. The van der Waals surface area contributed by atoms with Gasteiger partial charge in [0, 0.05) is 11.1 Å². The average molecular weight is 383 g/mol. The molecule has 1 amide bonds.